The summed E-state index contributed by atoms with van der Waals surface area (Å²) in [7, 11) is 0. The molecule has 1 aliphatic rings. The molecule has 0 aromatic carbocycles. The highest BCUT2D eigenvalue weighted by Crippen LogP contribution is 2.20. The van der Waals surface area contributed by atoms with Gasteiger partial charge >= 0.3 is 0 Å². The summed E-state index contributed by atoms with van der Waals surface area (Å²) in [6, 6.07) is 0.712. The second-order valence-corrected chi connectivity index (χ2v) is 5.58. The molecule has 0 aliphatic carbocycles. The van der Waals surface area contributed by atoms with Gasteiger partial charge < -0.3 is 10.1 Å². The molecule has 2 rings (SSSR count). The molecule has 3 unspecified atom stereocenters. The van der Waals surface area contributed by atoms with Gasteiger partial charge in [0.15, 0.2) is 0 Å². The van der Waals surface area contributed by atoms with Crippen molar-refractivity contribution in [1.29, 1.82) is 0 Å². The van der Waals surface area contributed by atoms with Crippen LogP contribution >= 0.6 is 11.3 Å². The lowest BCUT2D eigenvalue weighted by molar-refractivity contribution is 0.0802. The molecule has 0 saturated carbocycles. The molecule has 3 atom stereocenters. The second kappa shape index (κ2) is 5.25. The van der Waals surface area contributed by atoms with E-state index in [2.05, 4.69) is 29.5 Å². The van der Waals surface area contributed by atoms with E-state index in [0.717, 1.165) is 17.3 Å². The number of thiazole rings is 1. The normalized spacial score (nSPS) is 24.6. The highest BCUT2D eigenvalue weighted by molar-refractivity contribution is 7.09. The molecule has 1 aromatic rings. The molecule has 1 N–H and O–H groups in total. The molecule has 0 bridgehead atoms. The molecule has 0 radical (unpaired) electrons. The van der Waals surface area contributed by atoms with E-state index in [0.29, 0.717) is 18.2 Å². The summed E-state index contributed by atoms with van der Waals surface area (Å²) in [6.45, 7) is 7.33. The number of nitrogens with one attached hydrogen (secondary N) is 1. The Morgan fingerprint density at radius 3 is 2.94 bits per heavy atom. The number of hydrogen-bond donors (Lipinski definition) is 1. The molecular formula is C12H20N2OS. The van der Waals surface area contributed by atoms with Gasteiger partial charge in [-0.3, -0.25) is 0 Å². The Morgan fingerprint density at radius 2 is 2.38 bits per heavy atom. The smallest absolute Gasteiger partial charge is 0.0898 e. The minimum atomic E-state index is 0.309. The van der Waals surface area contributed by atoms with E-state index < -0.39 is 0 Å². The van der Waals surface area contributed by atoms with Crippen molar-refractivity contribution in [3.8, 4) is 0 Å². The third-order valence-electron chi connectivity index (χ3n) is 3.12. The number of nitrogens with zero attached hydrogens (tertiary/aromatic N) is 1. The Hall–Kier alpha value is -0.450. The van der Waals surface area contributed by atoms with Crippen LogP contribution in [0.3, 0.4) is 0 Å². The standard InChI is InChI=1S/C12H20N2OS/c1-8(11-7-16-10(3)14-11)13-9(2)12-5-4-6-15-12/h7-9,12-13H,4-6H2,1-3H3. The van der Waals surface area contributed by atoms with Crippen molar-refractivity contribution in [2.24, 2.45) is 0 Å². The maximum absolute atomic E-state index is 5.68. The van der Waals surface area contributed by atoms with Crippen LogP contribution in [0.5, 0.6) is 0 Å². The van der Waals surface area contributed by atoms with Gasteiger partial charge in [0.1, 0.15) is 0 Å². The van der Waals surface area contributed by atoms with E-state index in [1.54, 1.807) is 11.3 Å². The molecule has 2 heterocycles. The predicted octanol–water partition coefficient (Wildman–Crippen LogP) is 2.67. The topological polar surface area (TPSA) is 34.2 Å². The van der Waals surface area contributed by atoms with Crippen molar-refractivity contribution in [2.45, 2.75) is 51.8 Å². The number of rotatable bonds is 4. The van der Waals surface area contributed by atoms with Crippen molar-refractivity contribution in [2.75, 3.05) is 6.61 Å². The Kier molecular flexibility index (Phi) is 3.95. The average Bonchev–Trinajstić information content (AvgIpc) is 2.87. The van der Waals surface area contributed by atoms with E-state index >= 15 is 0 Å². The van der Waals surface area contributed by atoms with Crippen molar-refractivity contribution in [1.82, 2.24) is 10.3 Å². The predicted molar refractivity (Wildman–Crippen MR) is 66.8 cm³/mol. The van der Waals surface area contributed by atoms with Gasteiger partial charge in [-0.1, -0.05) is 0 Å². The van der Waals surface area contributed by atoms with Crippen LogP contribution < -0.4 is 5.32 Å². The Bertz CT molecular complexity index is 334. The summed E-state index contributed by atoms with van der Waals surface area (Å²) in [5.41, 5.74) is 1.15. The molecule has 1 fully saturated rings. The van der Waals surface area contributed by atoms with Crippen LogP contribution in [0, 0.1) is 6.92 Å². The molecule has 4 heteroatoms. The minimum absolute atomic E-state index is 0.309. The summed E-state index contributed by atoms with van der Waals surface area (Å²) in [4.78, 5) is 4.51. The molecule has 0 amide bonds. The van der Waals surface area contributed by atoms with Crippen molar-refractivity contribution < 1.29 is 4.74 Å². The van der Waals surface area contributed by atoms with Crippen LogP contribution in [0.2, 0.25) is 0 Å². The molecule has 90 valence electrons. The van der Waals surface area contributed by atoms with Gasteiger partial charge in [0, 0.05) is 24.1 Å². The van der Waals surface area contributed by atoms with Crippen molar-refractivity contribution in [3.05, 3.63) is 16.1 Å². The summed E-state index contributed by atoms with van der Waals surface area (Å²) in [5, 5.41) is 6.84. The lowest BCUT2D eigenvalue weighted by Gasteiger charge is -2.23. The minimum Gasteiger partial charge on any atom is -0.377 e. The van der Waals surface area contributed by atoms with Crippen molar-refractivity contribution in [3.63, 3.8) is 0 Å². The average molecular weight is 240 g/mol. The zero-order valence-corrected chi connectivity index (χ0v) is 11.0. The Balaban J connectivity index is 1.88. The number of hydrogen-bond acceptors (Lipinski definition) is 4. The summed E-state index contributed by atoms with van der Waals surface area (Å²) >= 11 is 1.71. The monoisotopic (exact) mass is 240 g/mol. The molecular weight excluding hydrogens is 220 g/mol. The van der Waals surface area contributed by atoms with E-state index in [1.165, 1.54) is 12.8 Å². The van der Waals surface area contributed by atoms with E-state index in [4.69, 9.17) is 4.74 Å². The van der Waals surface area contributed by atoms with E-state index in [1.807, 2.05) is 6.92 Å². The molecule has 1 aromatic heterocycles. The van der Waals surface area contributed by atoms with Crippen LogP contribution in [-0.2, 0) is 4.74 Å². The van der Waals surface area contributed by atoms with Gasteiger partial charge in [0.05, 0.1) is 16.8 Å². The first-order valence-corrected chi connectivity index (χ1v) is 6.84. The third-order valence-corrected chi connectivity index (χ3v) is 3.91. The van der Waals surface area contributed by atoms with Crippen LogP contribution in [0.1, 0.15) is 43.4 Å². The Morgan fingerprint density at radius 1 is 1.56 bits per heavy atom. The Labute approximate surface area is 101 Å². The number of ether oxygens (including phenoxy) is 1. The van der Waals surface area contributed by atoms with Crippen molar-refractivity contribution >= 4 is 11.3 Å². The molecule has 3 nitrogen and oxygen atoms in total. The zero-order valence-electron chi connectivity index (χ0n) is 10.2. The fourth-order valence-electron chi connectivity index (χ4n) is 2.16. The van der Waals surface area contributed by atoms with Gasteiger partial charge in [-0.05, 0) is 33.6 Å². The van der Waals surface area contributed by atoms with Crippen LogP contribution in [0.4, 0.5) is 0 Å². The van der Waals surface area contributed by atoms with Crippen LogP contribution in [0.25, 0.3) is 0 Å². The molecule has 16 heavy (non-hydrogen) atoms. The van der Waals surface area contributed by atoms with Gasteiger partial charge in [0.25, 0.3) is 0 Å². The second-order valence-electron chi connectivity index (χ2n) is 4.52. The molecule has 1 saturated heterocycles. The summed E-state index contributed by atoms with van der Waals surface area (Å²) in [6.07, 6.45) is 2.75. The first-order valence-electron chi connectivity index (χ1n) is 5.96. The maximum Gasteiger partial charge on any atom is 0.0898 e. The van der Waals surface area contributed by atoms with E-state index in [-0.39, 0.29) is 0 Å². The van der Waals surface area contributed by atoms with Crippen LogP contribution in [-0.4, -0.2) is 23.7 Å². The molecule has 1 aliphatic heterocycles. The van der Waals surface area contributed by atoms with Crippen LogP contribution in [0.15, 0.2) is 5.38 Å². The number of aryl methyl sites for hydroxylation is 1. The maximum atomic E-state index is 5.68. The fraction of sp³-hybridized carbons (Fsp3) is 0.750. The lowest BCUT2D eigenvalue weighted by atomic mass is 10.1. The van der Waals surface area contributed by atoms with Gasteiger partial charge in [-0.15, -0.1) is 11.3 Å². The highest BCUT2D eigenvalue weighted by atomic mass is 32.1. The highest BCUT2D eigenvalue weighted by Gasteiger charge is 2.24. The third kappa shape index (κ3) is 2.81. The quantitative estimate of drug-likeness (QED) is 0.878. The first kappa shape index (κ1) is 12.0. The number of aromatic nitrogens is 1. The summed E-state index contributed by atoms with van der Waals surface area (Å²) < 4.78 is 5.68. The fourth-order valence-corrected chi connectivity index (χ4v) is 2.87. The largest absolute Gasteiger partial charge is 0.377 e. The first-order chi connectivity index (χ1) is 7.66. The molecule has 0 spiro atoms. The van der Waals surface area contributed by atoms with Gasteiger partial charge in [-0.25, -0.2) is 4.98 Å². The SMILES string of the molecule is Cc1nc(C(C)NC(C)C2CCCO2)cs1. The van der Waals surface area contributed by atoms with Gasteiger partial charge in [0.2, 0.25) is 0 Å². The lowest BCUT2D eigenvalue weighted by Crippen LogP contribution is -2.38. The zero-order chi connectivity index (χ0) is 11.5. The van der Waals surface area contributed by atoms with E-state index in [9.17, 15) is 0 Å². The van der Waals surface area contributed by atoms with Gasteiger partial charge in [-0.2, -0.15) is 0 Å². The summed E-state index contributed by atoms with van der Waals surface area (Å²) in [5.74, 6) is 0.